The number of carbonyl (C=O) groups excluding carboxylic acids is 1. The summed E-state index contributed by atoms with van der Waals surface area (Å²) in [5.41, 5.74) is 1.34. The smallest absolute Gasteiger partial charge is 0.326 e. The van der Waals surface area contributed by atoms with Crippen LogP contribution in [0, 0.1) is 6.92 Å². The summed E-state index contributed by atoms with van der Waals surface area (Å²) in [4.78, 5) is 24.7. The first-order valence-corrected chi connectivity index (χ1v) is 6.18. The summed E-state index contributed by atoms with van der Waals surface area (Å²) in [5, 5.41) is 9.58. The molecule has 1 aliphatic heterocycles. The average molecular weight is 268 g/mol. The fourth-order valence-corrected chi connectivity index (χ4v) is 2.34. The van der Waals surface area contributed by atoms with Gasteiger partial charge in [0.15, 0.2) is 0 Å². The molecule has 5 heteroatoms. The lowest BCUT2D eigenvalue weighted by Gasteiger charge is -2.21. The summed E-state index contributed by atoms with van der Waals surface area (Å²) >= 11 is 5.98. The van der Waals surface area contributed by atoms with E-state index >= 15 is 0 Å². The van der Waals surface area contributed by atoms with Gasteiger partial charge >= 0.3 is 5.97 Å². The molecule has 18 heavy (non-hydrogen) atoms. The van der Waals surface area contributed by atoms with E-state index in [2.05, 4.69) is 0 Å². The van der Waals surface area contributed by atoms with Gasteiger partial charge in [-0.15, -0.1) is 0 Å². The van der Waals surface area contributed by atoms with E-state index < -0.39 is 12.0 Å². The zero-order valence-corrected chi connectivity index (χ0v) is 10.8. The molecule has 0 aromatic heterocycles. The molecule has 0 saturated carbocycles. The van der Waals surface area contributed by atoms with Crippen molar-refractivity contribution in [2.45, 2.75) is 25.8 Å². The van der Waals surface area contributed by atoms with Crippen LogP contribution >= 0.6 is 11.6 Å². The summed E-state index contributed by atoms with van der Waals surface area (Å²) in [5.74, 6) is -1.21. The van der Waals surface area contributed by atoms with Crippen molar-refractivity contribution in [1.29, 1.82) is 0 Å². The predicted octanol–water partition coefficient (Wildman–Crippen LogP) is 2.34. The fourth-order valence-electron chi connectivity index (χ4n) is 2.16. The molecule has 1 aromatic carbocycles. The van der Waals surface area contributed by atoms with Crippen LogP contribution in [0.1, 0.15) is 28.8 Å². The van der Waals surface area contributed by atoms with Crippen LogP contribution in [-0.2, 0) is 4.79 Å². The lowest BCUT2D eigenvalue weighted by molar-refractivity contribution is -0.141. The van der Waals surface area contributed by atoms with E-state index in [4.69, 9.17) is 16.7 Å². The summed E-state index contributed by atoms with van der Waals surface area (Å²) in [6.07, 6.45) is 1.24. The highest BCUT2D eigenvalue weighted by Gasteiger charge is 2.34. The van der Waals surface area contributed by atoms with Crippen LogP contribution in [0.2, 0.25) is 5.02 Å². The standard InChI is InChI=1S/C13H14ClNO3/c1-8-4-5-9(7-10(8)14)12(16)15-6-2-3-11(15)13(17)18/h4-5,7,11H,2-3,6H2,1H3,(H,17,18)/t11-/m0/s1. The first-order valence-electron chi connectivity index (χ1n) is 5.80. The highest BCUT2D eigenvalue weighted by Crippen LogP contribution is 2.23. The molecule has 1 aromatic rings. The van der Waals surface area contributed by atoms with Gasteiger partial charge in [-0.2, -0.15) is 0 Å². The molecule has 1 saturated heterocycles. The van der Waals surface area contributed by atoms with Crippen molar-refractivity contribution in [2.75, 3.05) is 6.54 Å². The monoisotopic (exact) mass is 267 g/mol. The molecule has 1 aliphatic rings. The molecule has 1 atom stereocenters. The van der Waals surface area contributed by atoms with E-state index in [1.165, 1.54) is 4.90 Å². The van der Waals surface area contributed by atoms with Crippen LogP contribution in [0.3, 0.4) is 0 Å². The number of nitrogens with zero attached hydrogens (tertiary/aromatic N) is 1. The Morgan fingerprint density at radius 3 is 2.78 bits per heavy atom. The van der Waals surface area contributed by atoms with Gasteiger partial charge in [0.05, 0.1) is 0 Å². The van der Waals surface area contributed by atoms with Crippen molar-refractivity contribution >= 4 is 23.5 Å². The van der Waals surface area contributed by atoms with Crippen molar-refractivity contribution < 1.29 is 14.7 Å². The minimum absolute atomic E-state index is 0.262. The van der Waals surface area contributed by atoms with E-state index in [1.54, 1.807) is 18.2 Å². The number of carboxylic acids is 1. The number of likely N-dealkylation sites (tertiary alicyclic amines) is 1. The Morgan fingerprint density at radius 1 is 1.44 bits per heavy atom. The molecule has 0 aliphatic carbocycles. The van der Waals surface area contributed by atoms with E-state index in [1.807, 2.05) is 6.92 Å². The van der Waals surface area contributed by atoms with Gasteiger partial charge in [0.2, 0.25) is 0 Å². The molecule has 0 bridgehead atoms. The van der Waals surface area contributed by atoms with Crippen molar-refractivity contribution in [3.63, 3.8) is 0 Å². The summed E-state index contributed by atoms with van der Waals surface area (Å²) in [7, 11) is 0. The number of aryl methyl sites for hydroxylation is 1. The SMILES string of the molecule is Cc1ccc(C(=O)N2CCC[C@H]2C(=O)O)cc1Cl. The first kappa shape index (κ1) is 12.9. The number of benzene rings is 1. The third kappa shape index (κ3) is 2.34. The van der Waals surface area contributed by atoms with Gasteiger partial charge in [-0.25, -0.2) is 4.79 Å². The topological polar surface area (TPSA) is 57.6 Å². The number of aliphatic carboxylic acids is 1. The Balaban J connectivity index is 2.25. The molecule has 0 radical (unpaired) electrons. The number of hydrogen-bond donors (Lipinski definition) is 1. The highest BCUT2D eigenvalue weighted by atomic mass is 35.5. The maximum atomic E-state index is 12.2. The van der Waals surface area contributed by atoms with Gasteiger partial charge in [-0.05, 0) is 37.5 Å². The molecule has 96 valence electrons. The average Bonchev–Trinajstić information content (AvgIpc) is 2.81. The Morgan fingerprint density at radius 2 is 2.17 bits per heavy atom. The van der Waals surface area contributed by atoms with Crippen LogP contribution in [-0.4, -0.2) is 34.5 Å². The van der Waals surface area contributed by atoms with Gasteiger partial charge in [-0.3, -0.25) is 4.79 Å². The minimum atomic E-state index is -0.945. The maximum Gasteiger partial charge on any atom is 0.326 e. The summed E-state index contributed by atoms with van der Waals surface area (Å²) in [6.45, 7) is 2.34. The molecule has 0 unspecified atom stereocenters. The van der Waals surface area contributed by atoms with Crippen LogP contribution in [0.4, 0.5) is 0 Å². The number of carbonyl (C=O) groups is 2. The van der Waals surface area contributed by atoms with Crippen LogP contribution < -0.4 is 0 Å². The van der Waals surface area contributed by atoms with Crippen molar-refractivity contribution in [3.05, 3.63) is 34.3 Å². The van der Waals surface area contributed by atoms with E-state index in [0.29, 0.717) is 23.6 Å². The largest absolute Gasteiger partial charge is 0.480 e. The normalized spacial score (nSPS) is 19.0. The molecule has 1 heterocycles. The quantitative estimate of drug-likeness (QED) is 0.895. The van der Waals surface area contributed by atoms with E-state index in [0.717, 1.165) is 12.0 Å². The van der Waals surface area contributed by atoms with Crippen molar-refractivity contribution in [1.82, 2.24) is 4.90 Å². The van der Waals surface area contributed by atoms with E-state index in [-0.39, 0.29) is 5.91 Å². The number of halogens is 1. The van der Waals surface area contributed by atoms with Gasteiger partial charge < -0.3 is 10.0 Å². The predicted molar refractivity (Wildman–Crippen MR) is 67.9 cm³/mol. The van der Waals surface area contributed by atoms with Gasteiger partial charge in [0.1, 0.15) is 6.04 Å². The number of hydrogen-bond acceptors (Lipinski definition) is 2. The Hall–Kier alpha value is -1.55. The molecule has 1 N–H and O–H groups in total. The number of amides is 1. The lowest BCUT2D eigenvalue weighted by atomic mass is 10.1. The second-order valence-electron chi connectivity index (χ2n) is 4.46. The first-order chi connectivity index (χ1) is 8.50. The van der Waals surface area contributed by atoms with Crippen molar-refractivity contribution in [2.24, 2.45) is 0 Å². The molecule has 1 fully saturated rings. The lowest BCUT2D eigenvalue weighted by Crippen LogP contribution is -2.40. The molecule has 0 spiro atoms. The zero-order chi connectivity index (χ0) is 13.3. The zero-order valence-electron chi connectivity index (χ0n) is 10.0. The Bertz CT molecular complexity index is 501. The fraction of sp³-hybridized carbons (Fsp3) is 0.385. The van der Waals surface area contributed by atoms with Crippen LogP contribution in [0.15, 0.2) is 18.2 Å². The molecule has 2 rings (SSSR count). The van der Waals surface area contributed by atoms with Crippen LogP contribution in [0.25, 0.3) is 0 Å². The highest BCUT2D eigenvalue weighted by molar-refractivity contribution is 6.31. The van der Waals surface area contributed by atoms with Crippen molar-refractivity contribution in [3.8, 4) is 0 Å². The number of rotatable bonds is 2. The Kier molecular flexibility index (Phi) is 3.57. The van der Waals surface area contributed by atoms with Crippen LogP contribution in [0.5, 0.6) is 0 Å². The van der Waals surface area contributed by atoms with E-state index in [9.17, 15) is 9.59 Å². The molecule has 4 nitrogen and oxygen atoms in total. The Labute approximate surface area is 110 Å². The minimum Gasteiger partial charge on any atom is -0.480 e. The molecular weight excluding hydrogens is 254 g/mol. The third-order valence-electron chi connectivity index (χ3n) is 3.22. The summed E-state index contributed by atoms with van der Waals surface area (Å²) in [6, 6.07) is 4.33. The maximum absolute atomic E-state index is 12.2. The molecule has 1 amide bonds. The van der Waals surface area contributed by atoms with Gasteiger partial charge in [-0.1, -0.05) is 17.7 Å². The second kappa shape index (κ2) is 4.98. The van der Waals surface area contributed by atoms with Gasteiger partial charge in [0.25, 0.3) is 5.91 Å². The third-order valence-corrected chi connectivity index (χ3v) is 3.62. The number of carboxylic acid groups (broad SMARTS) is 1. The second-order valence-corrected chi connectivity index (χ2v) is 4.87. The molecular formula is C13H14ClNO3. The summed E-state index contributed by atoms with van der Waals surface area (Å²) < 4.78 is 0. The van der Waals surface area contributed by atoms with Gasteiger partial charge in [0, 0.05) is 17.1 Å².